The number of benzene rings is 3. The van der Waals surface area contributed by atoms with Crippen molar-refractivity contribution in [3.05, 3.63) is 99.0 Å². The number of para-hydroxylation sites is 1. The first-order chi connectivity index (χ1) is 17.0. The molecule has 0 bridgehead atoms. The van der Waals surface area contributed by atoms with E-state index in [4.69, 9.17) is 23.2 Å². The molecule has 35 heavy (non-hydrogen) atoms. The smallest absolute Gasteiger partial charge is 0.264 e. The number of halogens is 2. The lowest BCUT2D eigenvalue weighted by molar-refractivity contribution is -0.115. The van der Waals surface area contributed by atoms with Crippen molar-refractivity contribution < 1.29 is 4.79 Å². The first kappa shape index (κ1) is 24.1. The summed E-state index contributed by atoms with van der Waals surface area (Å²) in [6, 6.07) is 21.7. The second-order valence-electron chi connectivity index (χ2n) is 8.01. The fourth-order valence-corrected chi connectivity index (χ4v) is 5.77. The van der Waals surface area contributed by atoms with Gasteiger partial charge in [0.15, 0.2) is 5.17 Å². The number of amidine groups is 1. The van der Waals surface area contributed by atoms with E-state index in [9.17, 15) is 4.79 Å². The summed E-state index contributed by atoms with van der Waals surface area (Å²) >= 11 is 15.2. The largest absolute Gasteiger partial charge is 0.346 e. The van der Waals surface area contributed by atoms with Crippen LogP contribution in [0.5, 0.6) is 0 Å². The first-order valence-electron chi connectivity index (χ1n) is 11.0. The van der Waals surface area contributed by atoms with Gasteiger partial charge in [-0.1, -0.05) is 47.5 Å². The van der Waals surface area contributed by atoms with Gasteiger partial charge >= 0.3 is 0 Å². The second-order valence-corrected chi connectivity index (χ2v) is 11.1. The third-order valence-corrected chi connectivity index (χ3v) is 7.95. The predicted octanol–water partition coefficient (Wildman–Crippen LogP) is 7.94. The van der Waals surface area contributed by atoms with Crippen LogP contribution in [0, 0.1) is 6.92 Å². The van der Waals surface area contributed by atoms with Crippen molar-refractivity contribution in [2.75, 3.05) is 5.75 Å². The third kappa shape index (κ3) is 5.62. The first-order valence-corrected chi connectivity index (χ1v) is 13.5. The summed E-state index contributed by atoms with van der Waals surface area (Å²) in [4.78, 5) is 19.1. The molecule has 0 atom stereocenters. The fraction of sp³-hybridized carbons (Fsp3) is 0.111. The van der Waals surface area contributed by atoms with Crippen LogP contribution in [0.1, 0.15) is 11.1 Å². The molecule has 0 aliphatic carbocycles. The molecule has 3 aromatic carbocycles. The van der Waals surface area contributed by atoms with E-state index < -0.39 is 0 Å². The van der Waals surface area contributed by atoms with Gasteiger partial charge < -0.3 is 9.88 Å². The molecule has 2 heterocycles. The van der Waals surface area contributed by atoms with Gasteiger partial charge in [0.1, 0.15) is 0 Å². The number of fused-ring (bicyclic) bond motifs is 1. The van der Waals surface area contributed by atoms with E-state index >= 15 is 0 Å². The molecular weight excluding hydrogens is 517 g/mol. The van der Waals surface area contributed by atoms with Crippen LogP contribution in [0.3, 0.4) is 0 Å². The van der Waals surface area contributed by atoms with Crippen LogP contribution in [-0.2, 0) is 11.3 Å². The molecule has 176 valence electrons. The minimum Gasteiger partial charge on any atom is -0.346 e. The Morgan fingerprint density at radius 2 is 1.83 bits per heavy atom. The van der Waals surface area contributed by atoms with Crippen molar-refractivity contribution in [1.82, 2.24) is 9.88 Å². The van der Waals surface area contributed by atoms with E-state index in [2.05, 4.69) is 33.2 Å². The zero-order chi connectivity index (χ0) is 24.4. The van der Waals surface area contributed by atoms with Crippen LogP contribution in [0.4, 0.5) is 5.69 Å². The van der Waals surface area contributed by atoms with E-state index in [0.29, 0.717) is 15.1 Å². The normalized spacial score (nSPS) is 15.9. The van der Waals surface area contributed by atoms with Crippen molar-refractivity contribution in [3.8, 4) is 0 Å². The molecule has 0 unspecified atom stereocenters. The van der Waals surface area contributed by atoms with E-state index in [0.717, 1.165) is 45.0 Å². The molecule has 1 N–H and O–H groups in total. The zero-order valence-electron chi connectivity index (χ0n) is 18.8. The lowest BCUT2D eigenvalue weighted by atomic mass is 10.1. The lowest BCUT2D eigenvalue weighted by Crippen LogP contribution is -2.19. The number of aliphatic imine (C=N–C) groups is 1. The zero-order valence-corrected chi connectivity index (χ0v) is 21.9. The van der Waals surface area contributed by atoms with Crippen LogP contribution >= 0.6 is 46.7 Å². The predicted molar refractivity (Wildman–Crippen MR) is 151 cm³/mol. The Morgan fingerprint density at radius 1 is 1.06 bits per heavy atom. The van der Waals surface area contributed by atoms with Crippen LogP contribution in [0.25, 0.3) is 17.0 Å². The minimum absolute atomic E-state index is 0.149. The van der Waals surface area contributed by atoms with Gasteiger partial charge in [0, 0.05) is 49.9 Å². The summed E-state index contributed by atoms with van der Waals surface area (Å²) in [6.45, 7) is 2.81. The van der Waals surface area contributed by atoms with Crippen molar-refractivity contribution >= 4 is 80.5 Å². The number of rotatable bonds is 6. The van der Waals surface area contributed by atoms with Gasteiger partial charge in [0.2, 0.25) is 0 Å². The monoisotopic (exact) mass is 537 g/mol. The number of aromatic nitrogens is 1. The number of nitrogens with one attached hydrogen (secondary N) is 1. The molecule has 8 heteroatoms. The Bertz CT molecular complexity index is 1480. The summed E-state index contributed by atoms with van der Waals surface area (Å²) < 4.78 is 2.24. The number of hydrogen-bond acceptors (Lipinski definition) is 4. The average molecular weight is 539 g/mol. The molecule has 4 nitrogen and oxygen atoms in total. The average Bonchev–Trinajstić information content (AvgIpc) is 3.37. The van der Waals surface area contributed by atoms with Crippen molar-refractivity contribution in [2.24, 2.45) is 4.99 Å². The molecule has 1 amide bonds. The van der Waals surface area contributed by atoms with Gasteiger partial charge in [-0.3, -0.25) is 4.79 Å². The Labute approximate surface area is 222 Å². The molecule has 0 spiro atoms. The van der Waals surface area contributed by atoms with Gasteiger partial charge in [-0.2, -0.15) is 0 Å². The third-order valence-electron chi connectivity index (χ3n) is 5.56. The topological polar surface area (TPSA) is 46.4 Å². The number of thioether (sulfide) groups is 2. The van der Waals surface area contributed by atoms with Gasteiger partial charge in [-0.25, -0.2) is 4.99 Å². The van der Waals surface area contributed by atoms with Gasteiger partial charge in [-0.15, -0.1) is 11.8 Å². The van der Waals surface area contributed by atoms with Gasteiger partial charge in [0.05, 0.1) is 10.6 Å². The quantitative estimate of drug-likeness (QED) is 0.200. The SMILES string of the molecule is Cc1ccc(Cl)cc1N=C1NC(=O)/C(=C/c2cn(CCSc3ccc(Cl)cc3)c3ccccc23)S1. The van der Waals surface area contributed by atoms with E-state index in [-0.39, 0.29) is 5.91 Å². The number of carbonyl (C=O) groups is 1. The summed E-state index contributed by atoms with van der Waals surface area (Å²) in [7, 11) is 0. The van der Waals surface area contributed by atoms with Crippen molar-refractivity contribution in [2.45, 2.75) is 18.4 Å². The fourth-order valence-electron chi connectivity index (χ4n) is 3.80. The summed E-state index contributed by atoms with van der Waals surface area (Å²) in [5, 5.41) is 5.89. The highest BCUT2D eigenvalue weighted by molar-refractivity contribution is 8.18. The molecule has 1 aromatic heterocycles. The second kappa shape index (κ2) is 10.5. The molecule has 1 fully saturated rings. The summed E-state index contributed by atoms with van der Waals surface area (Å²) in [5.74, 6) is 0.769. The van der Waals surface area contributed by atoms with E-state index in [1.165, 1.54) is 16.7 Å². The summed E-state index contributed by atoms with van der Waals surface area (Å²) in [5.41, 5.74) is 3.89. The Hall–Kier alpha value is -2.64. The molecule has 0 saturated carbocycles. The van der Waals surface area contributed by atoms with Crippen molar-refractivity contribution in [1.29, 1.82) is 0 Å². The molecule has 1 saturated heterocycles. The summed E-state index contributed by atoms with van der Waals surface area (Å²) in [6.07, 6.45) is 4.06. The molecule has 5 rings (SSSR count). The standard InChI is InChI=1S/C27H21Cl2N3OS2/c1-17-6-7-20(29)15-23(17)30-27-31-26(33)25(35-27)14-18-16-32(24-5-3-2-4-22(18)24)12-13-34-21-10-8-19(28)9-11-21/h2-11,14-16H,12-13H2,1H3,(H,30,31,33)/b25-14-. The van der Waals surface area contributed by atoms with Crippen LogP contribution < -0.4 is 5.32 Å². The van der Waals surface area contributed by atoms with Gasteiger partial charge in [-0.05, 0) is 72.8 Å². The number of carbonyl (C=O) groups excluding carboxylic acids is 1. The number of aryl methyl sites for hydroxylation is 2. The van der Waals surface area contributed by atoms with Crippen LogP contribution in [-0.4, -0.2) is 21.4 Å². The number of hydrogen-bond donors (Lipinski definition) is 1. The maximum Gasteiger partial charge on any atom is 0.264 e. The molecule has 1 aliphatic heterocycles. The lowest BCUT2D eigenvalue weighted by Gasteiger charge is -2.05. The van der Waals surface area contributed by atoms with Crippen molar-refractivity contribution in [3.63, 3.8) is 0 Å². The maximum absolute atomic E-state index is 12.7. The highest BCUT2D eigenvalue weighted by Gasteiger charge is 2.24. The molecule has 0 radical (unpaired) electrons. The maximum atomic E-state index is 12.7. The highest BCUT2D eigenvalue weighted by atomic mass is 35.5. The molecule has 1 aliphatic rings. The Morgan fingerprint density at radius 3 is 2.66 bits per heavy atom. The Balaban J connectivity index is 1.37. The minimum atomic E-state index is -0.149. The number of amides is 1. The van der Waals surface area contributed by atoms with Crippen LogP contribution in [0.2, 0.25) is 10.0 Å². The van der Waals surface area contributed by atoms with E-state index in [1.54, 1.807) is 17.8 Å². The van der Waals surface area contributed by atoms with E-state index in [1.807, 2.05) is 61.5 Å². The Kier molecular flexibility index (Phi) is 7.25. The van der Waals surface area contributed by atoms with Crippen LogP contribution in [0.15, 0.2) is 87.7 Å². The molecule has 4 aromatic rings. The molecular formula is C27H21Cl2N3OS2. The highest BCUT2D eigenvalue weighted by Crippen LogP contribution is 2.32. The van der Waals surface area contributed by atoms with Gasteiger partial charge in [0.25, 0.3) is 5.91 Å². The number of nitrogens with zero attached hydrogens (tertiary/aromatic N) is 2.